The Morgan fingerprint density at radius 1 is 1.37 bits per heavy atom. The van der Waals surface area contributed by atoms with Crippen LogP contribution >= 0.6 is 0 Å². The SMILES string of the molecule is CC(C)Oc1cccnc1N1CCN(CC#N)CC1. The van der Waals surface area contributed by atoms with Gasteiger partial charge in [-0.05, 0) is 26.0 Å². The monoisotopic (exact) mass is 260 g/mol. The molecule has 0 atom stereocenters. The lowest BCUT2D eigenvalue weighted by molar-refractivity contribution is 0.239. The number of piperazine rings is 1. The lowest BCUT2D eigenvalue weighted by Gasteiger charge is -2.34. The number of nitriles is 1. The number of aromatic nitrogens is 1. The molecule has 0 saturated carbocycles. The molecular weight excluding hydrogens is 240 g/mol. The minimum absolute atomic E-state index is 0.142. The summed E-state index contributed by atoms with van der Waals surface area (Å²) in [4.78, 5) is 8.83. The predicted molar refractivity (Wildman–Crippen MR) is 74.3 cm³/mol. The fourth-order valence-electron chi connectivity index (χ4n) is 2.18. The number of ether oxygens (including phenoxy) is 1. The summed E-state index contributed by atoms with van der Waals surface area (Å²) in [7, 11) is 0. The fourth-order valence-corrected chi connectivity index (χ4v) is 2.18. The molecular formula is C14H20N4O. The topological polar surface area (TPSA) is 52.4 Å². The molecule has 0 spiro atoms. The van der Waals surface area contributed by atoms with E-state index < -0.39 is 0 Å². The smallest absolute Gasteiger partial charge is 0.171 e. The molecule has 1 fully saturated rings. The van der Waals surface area contributed by atoms with Gasteiger partial charge >= 0.3 is 0 Å². The van der Waals surface area contributed by atoms with Crippen LogP contribution in [0.4, 0.5) is 5.82 Å². The molecule has 1 aliphatic rings. The van der Waals surface area contributed by atoms with Gasteiger partial charge in [-0.25, -0.2) is 4.98 Å². The van der Waals surface area contributed by atoms with E-state index in [4.69, 9.17) is 10.00 Å². The second-order valence-electron chi connectivity index (χ2n) is 4.91. The molecule has 0 unspecified atom stereocenters. The Kier molecular flexibility index (Phi) is 4.58. The zero-order chi connectivity index (χ0) is 13.7. The van der Waals surface area contributed by atoms with E-state index in [9.17, 15) is 0 Å². The Hall–Kier alpha value is -1.80. The number of pyridine rings is 1. The molecule has 0 bridgehead atoms. The second kappa shape index (κ2) is 6.39. The summed E-state index contributed by atoms with van der Waals surface area (Å²) in [5.41, 5.74) is 0. The van der Waals surface area contributed by atoms with Crippen LogP contribution in [0, 0.1) is 11.3 Å². The molecule has 1 saturated heterocycles. The Balaban J connectivity index is 2.05. The van der Waals surface area contributed by atoms with Crippen molar-refractivity contribution in [3.05, 3.63) is 18.3 Å². The molecule has 1 aromatic heterocycles. The Morgan fingerprint density at radius 3 is 2.74 bits per heavy atom. The average molecular weight is 260 g/mol. The van der Waals surface area contributed by atoms with Gasteiger partial charge in [-0.1, -0.05) is 0 Å². The van der Waals surface area contributed by atoms with Crippen LogP contribution in [0.1, 0.15) is 13.8 Å². The van der Waals surface area contributed by atoms with Gasteiger partial charge < -0.3 is 9.64 Å². The maximum atomic E-state index is 8.71. The van der Waals surface area contributed by atoms with Gasteiger partial charge in [0.2, 0.25) is 0 Å². The van der Waals surface area contributed by atoms with Crippen LogP contribution in [-0.2, 0) is 0 Å². The molecule has 102 valence electrons. The summed E-state index contributed by atoms with van der Waals surface area (Å²) in [5, 5.41) is 8.71. The van der Waals surface area contributed by atoms with Gasteiger partial charge in [-0.2, -0.15) is 5.26 Å². The minimum Gasteiger partial charge on any atom is -0.487 e. The van der Waals surface area contributed by atoms with Crippen molar-refractivity contribution in [3.8, 4) is 11.8 Å². The molecule has 5 heteroatoms. The molecule has 2 rings (SSSR count). The first-order chi connectivity index (χ1) is 9.20. The maximum Gasteiger partial charge on any atom is 0.171 e. The summed E-state index contributed by atoms with van der Waals surface area (Å²) < 4.78 is 5.80. The van der Waals surface area contributed by atoms with Crippen molar-refractivity contribution in [2.45, 2.75) is 20.0 Å². The van der Waals surface area contributed by atoms with E-state index in [0.29, 0.717) is 6.54 Å². The van der Waals surface area contributed by atoms with Crippen molar-refractivity contribution >= 4 is 5.82 Å². The van der Waals surface area contributed by atoms with Crippen LogP contribution in [-0.4, -0.2) is 48.7 Å². The van der Waals surface area contributed by atoms with E-state index in [1.165, 1.54) is 0 Å². The third-order valence-electron chi connectivity index (χ3n) is 3.08. The normalized spacial score (nSPS) is 16.4. The van der Waals surface area contributed by atoms with E-state index in [1.54, 1.807) is 6.20 Å². The zero-order valence-electron chi connectivity index (χ0n) is 11.5. The Labute approximate surface area is 114 Å². The largest absolute Gasteiger partial charge is 0.487 e. The lowest BCUT2D eigenvalue weighted by atomic mass is 10.3. The van der Waals surface area contributed by atoms with Gasteiger partial charge in [0.1, 0.15) is 0 Å². The molecule has 0 radical (unpaired) electrons. The van der Waals surface area contributed by atoms with Crippen LogP contribution in [0.2, 0.25) is 0 Å². The van der Waals surface area contributed by atoms with Crippen molar-refractivity contribution in [1.82, 2.24) is 9.88 Å². The van der Waals surface area contributed by atoms with Gasteiger partial charge in [0.05, 0.1) is 18.7 Å². The highest BCUT2D eigenvalue weighted by atomic mass is 16.5. The van der Waals surface area contributed by atoms with Gasteiger partial charge in [0, 0.05) is 32.4 Å². The molecule has 1 aliphatic heterocycles. The molecule has 0 aliphatic carbocycles. The average Bonchev–Trinajstić information content (AvgIpc) is 2.40. The van der Waals surface area contributed by atoms with E-state index in [0.717, 1.165) is 37.7 Å². The van der Waals surface area contributed by atoms with Gasteiger partial charge in [-0.15, -0.1) is 0 Å². The Morgan fingerprint density at radius 2 is 2.11 bits per heavy atom. The molecule has 0 N–H and O–H groups in total. The summed E-state index contributed by atoms with van der Waals surface area (Å²) in [6.07, 6.45) is 1.94. The first-order valence-electron chi connectivity index (χ1n) is 6.66. The van der Waals surface area contributed by atoms with Crippen LogP contribution < -0.4 is 9.64 Å². The van der Waals surface area contributed by atoms with Crippen LogP contribution in [0.5, 0.6) is 5.75 Å². The minimum atomic E-state index is 0.142. The first-order valence-corrected chi connectivity index (χ1v) is 6.66. The van der Waals surface area contributed by atoms with E-state index in [1.807, 2.05) is 26.0 Å². The molecule has 1 aromatic rings. The van der Waals surface area contributed by atoms with E-state index in [2.05, 4.69) is 20.9 Å². The summed E-state index contributed by atoms with van der Waals surface area (Å²) in [6.45, 7) is 8.09. The summed E-state index contributed by atoms with van der Waals surface area (Å²) >= 11 is 0. The van der Waals surface area contributed by atoms with Crippen molar-refractivity contribution in [1.29, 1.82) is 5.26 Å². The number of nitrogens with zero attached hydrogens (tertiary/aromatic N) is 4. The third-order valence-corrected chi connectivity index (χ3v) is 3.08. The van der Waals surface area contributed by atoms with Crippen molar-refractivity contribution in [2.24, 2.45) is 0 Å². The molecule has 19 heavy (non-hydrogen) atoms. The van der Waals surface area contributed by atoms with Crippen LogP contribution in [0.3, 0.4) is 0 Å². The number of hydrogen-bond donors (Lipinski definition) is 0. The second-order valence-corrected chi connectivity index (χ2v) is 4.91. The highest BCUT2D eigenvalue weighted by Gasteiger charge is 2.20. The van der Waals surface area contributed by atoms with Gasteiger partial charge in [-0.3, -0.25) is 4.90 Å². The quantitative estimate of drug-likeness (QED) is 0.768. The van der Waals surface area contributed by atoms with E-state index >= 15 is 0 Å². The highest BCUT2D eigenvalue weighted by molar-refractivity contribution is 5.52. The molecule has 0 amide bonds. The predicted octanol–water partition coefficient (Wildman–Crippen LogP) is 1.51. The first kappa shape index (κ1) is 13.6. The highest BCUT2D eigenvalue weighted by Crippen LogP contribution is 2.26. The molecule has 0 aromatic carbocycles. The number of rotatable bonds is 4. The summed E-state index contributed by atoms with van der Waals surface area (Å²) in [5.74, 6) is 1.75. The molecule has 5 nitrogen and oxygen atoms in total. The molecule has 2 heterocycles. The van der Waals surface area contributed by atoms with Crippen molar-refractivity contribution < 1.29 is 4.74 Å². The van der Waals surface area contributed by atoms with Gasteiger partial charge in [0.25, 0.3) is 0 Å². The number of hydrogen-bond acceptors (Lipinski definition) is 5. The van der Waals surface area contributed by atoms with Gasteiger partial charge in [0.15, 0.2) is 11.6 Å². The Bertz CT molecular complexity index is 447. The number of anilines is 1. The summed E-state index contributed by atoms with van der Waals surface area (Å²) in [6, 6.07) is 6.05. The standard InChI is InChI=1S/C14H20N4O/c1-12(2)19-13-4-3-6-16-14(13)18-10-8-17(7-5-15)9-11-18/h3-4,6,12H,7-11H2,1-2H3. The van der Waals surface area contributed by atoms with Crippen molar-refractivity contribution in [2.75, 3.05) is 37.6 Å². The van der Waals surface area contributed by atoms with Crippen molar-refractivity contribution in [3.63, 3.8) is 0 Å². The van der Waals surface area contributed by atoms with E-state index in [-0.39, 0.29) is 6.10 Å². The fraction of sp³-hybridized carbons (Fsp3) is 0.571. The third kappa shape index (κ3) is 3.58. The van der Waals surface area contributed by atoms with Crippen LogP contribution in [0.15, 0.2) is 18.3 Å². The van der Waals surface area contributed by atoms with Crippen LogP contribution in [0.25, 0.3) is 0 Å². The maximum absolute atomic E-state index is 8.71. The zero-order valence-corrected chi connectivity index (χ0v) is 11.5. The lowest BCUT2D eigenvalue weighted by Crippen LogP contribution is -2.46.